The van der Waals surface area contributed by atoms with E-state index in [0.29, 0.717) is 12.1 Å². The fourth-order valence-electron chi connectivity index (χ4n) is 3.59. The SMILES string of the molecule is CC(C)N(C)c1cc(-c2ccc(CCNC[C@@H](O)c3ccccc3)cc2)ccc1C(=O)O. The van der Waals surface area contributed by atoms with Gasteiger partial charge in [0.15, 0.2) is 0 Å². The second-order valence-electron chi connectivity index (χ2n) is 8.32. The maximum atomic E-state index is 11.6. The van der Waals surface area contributed by atoms with E-state index in [-0.39, 0.29) is 6.04 Å². The number of carboxylic acid groups (broad SMARTS) is 1. The van der Waals surface area contributed by atoms with Crippen molar-refractivity contribution in [2.75, 3.05) is 25.0 Å². The fraction of sp³-hybridized carbons (Fsp3) is 0.296. The number of hydrogen-bond acceptors (Lipinski definition) is 4. The van der Waals surface area contributed by atoms with Crippen molar-refractivity contribution in [1.29, 1.82) is 0 Å². The minimum Gasteiger partial charge on any atom is -0.478 e. The molecule has 3 rings (SSSR count). The van der Waals surface area contributed by atoms with E-state index in [1.807, 2.05) is 68.3 Å². The molecule has 0 aromatic heterocycles. The number of nitrogens with zero attached hydrogens (tertiary/aromatic N) is 1. The molecule has 1 atom stereocenters. The average molecular weight is 433 g/mol. The first kappa shape index (κ1) is 23.5. The number of hydrogen-bond donors (Lipinski definition) is 3. The maximum absolute atomic E-state index is 11.6. The van der Waals surface area contributed by atoms with Crippen LogP contribution in [0, 0.1) is 0 Å². The Hall–Kier alpha value is -3.15. The number of rotatable bonds is 10. The van der Waals surface area contributed by atoms with Gasteiger partial charge in [0.25, 0.3) is 0 Å². The van der Waals surface area contributed by atoms with Crippen LogP contribution in [0.15, 0.2) is 72.8 Å². The summed E-state index contributed by atoms with van der Waals surface area (Å²) in [5.74, 6) is -0.917. The van der Waals surface area contributed by atoms with Crippen molar-refractivity contribution in [3.63, 3.8) is 0 Å². The van der Waals surface area contributed by atoms with E-state index in [1.54, 1.807) is 6.07 Å². The zero-order chi connectivity index (χ0) is 23.1. The van der Waals surface area contributed by atoms with Gasteiger partial charge in [0.1, 0.15) is 0 Å². The molecule has 32 heavy (non-hydrogen) atoms. The molecule has 5 nitrogen and oxygen atoms in total. The van der Waals surface area contributed by atoms with E-state index in [0.717, 1.165) is 35.3 Å². The van der Waals surface area contributed by atoms with E-state index in [4.69, 9.17) is 0 Å². The molecule has 0 fully saturated rings. The molecule has 0 radical (unpaired) electrons. The molecule has 3 aromatic carbocycles. The molecule has 3 aromatic rings. The molecule has 0 aliphatic heterocycles. The summed E-state index contributed by atoms with van der Waals surface area (Å²) >= 11 is 0. The van der Waals surface area contributed by atoms with Crippen molar-refractivity contribution < 1.29 is 15.0 Å². The molecular formula is C27H32N2O3. The van der Waals surface area contributed by atoms with Gasteiger partial charge in [-0.25, -0.2) is 4.79 Å². The van der Waals surface area contributed by atoms with Crippen LogP contribution in [-0.2, 0) is 6.42 Å². The van der Waals surface area contributed by atoms with Crippen LogP contribution in [-0.4, -0.2) is 42.4 Å². The van der Waals surface area contributed by atoms with E-state index in [1.165, 1.54) is 5.56 Å². The number of carboxylic acids is 1. The molecule has 3 N–H and O–H groups in total. The normalized spacial score (nSPS) is 12.0. The molecule has 0 saturated carbocycles. The van der Waals surface area contributed by atoms with Crippen molar-refractivity contribution >= 4 is 11.7 Å². The molecule has 0 saturated heterocycles. The molecule has 0 aliphatic carbocycles. The van der Waals surface area contributed by atoms with Crippen LogP contribution in [0.4, 0.5) is 5.69 Å². The van der Waals surface area contributed by atoms with Crippen LogP contribution >= 0.6 is 0 Å². The molecular weight excluding hydrogens is 400 g/mol. The van der Waals surface area contributed by atoms with Gasteiger partial charge >= 0.3 is 5.97 Å². The van der Waals surface area contributed by atoms with Gasteiger partial charge in [0, 0.05) is 19.6 Å². The summed E-state index contributed by atoms with van der Waals surface area (Å²) in [6, 6.07) is 23.7. The number of aromatic carboxylic acids is 1. The third-order valence-electron chi connectivity index (χ3n) is 5.78. The van der Waals surface area contributed by atoms with Crippen LogP contribution < -0.4 is 10.2 Å². The molecule has 0 spiro atoms. The first-order valence-corrected chi connectivity index (χ1v) is 11.0. The van der Waals surface area contributed by atoms with E-state index >= 15 is 0 Å². The first-order valence-electron chi connectivity index (χ1n) is 11.0. The van der Waals surface area contributed by atoms with Crippen molar-refractivity contribution in [2.45, 2.75) is 32.4 Å². The zero-order valence-electron chi connectivity index (χ0n) is 19.0. The Morgan fingerprint density at radius 3 is 2.25 bits per heavy atom. The Kier molecular flexibility index (Phi) is 8.03. The second-order valence-corrected chi connectivity index (χ2v) is 8.32. The Bertz CT molecular complexity index is 1020. The van der Waals surface area contributed by atoms with E-state index in [2.05, 4.69) is 29.6 Å². The summed E-state index contributed by atoms with van der Waals surface area (Å²) in [7, 11) is 1.92. The van der Waals surface area contributed by atoms with Crippen molar-refractivity contribution in [2.24, 2.45) is 0 Å². The summed E-state index contributed by atoms with van der Waals surface area (Å²) in [4.78, 5) is 13.6. The number of aliphatic hydroxyl groups excluding tert-OH is 1. The van der Waals surface area contributed by atoms with E-state index in [9.17, 15) is 15.0 Å². The summed E-state index contributed by atoms with van der Waals surface area (Å²) in [5, 5.41) is 23.1. The Balaban J connectivity index is 1.61. The van der Waals surface area contributed by atoms with Crippen LogP contribution in [0.1, 0.15) is 41.4 Å². The van der Waals surface area contributed by atoms with Gasteiger partial charge in [-0.1, -0.05) is 60.7 Å². The highest BCUT2D eigenvalue weighted by Crippen LogP contribution is 2.29. The van der Waals surface area contributed by atoms with Gasteiger partial charge in [-0.2, -0.15) is 0 Å². The van der Waals surface area contributed by atoms with Gasteiger partial charge in [-0.05, 0) is 61.2 Å². The third kappa shape index (κ3) is 5.96. The summed E-state index contributed by atoms with van der Waals surface area (Å²) in [5.41, 5.74) is 5.20. The lowest BCUT2D eigenvalue weighted by atomic mass is 9.99. The molecule has 0 heterocycles. The largest absolute Gasteiger partial charge is 0.478 e. The number of carbonyl (C=O) groups is 1. The van der Waals surface area contributed by atoms with Gasteiger partial charge in [0.05, 0.1) is 17.4 Å². The van der Waals surface area contributed by atoms with Crippen LogP contribution in [0.2, 0.25) is 0 Å². The predicted molar refractivity (Wildman–Crippen MR) is 130 cm³/mol. The lowest BCUT2D eigenvalue weighted by Crippen LogP contribution is -2.27. The quantitative estimate of drug-likeness (QED) is 0.403. The first-order chi connectivity index (χ1) is 15.4. The lowest BCUT2D eigenvalue weighted by molar-refractivity contribution is 0.0697. The van der Waals surface area contributed by atoms with Gasteiger partial charge < -0.3 is 20.4 Å². The zero-order valence-corrected chi connectivity index (χ0v) is 19.0. The van der Waals surface area contributed by atoms with Crippen LogP contribution in [0.25, 0.3) is 11.1 Å². The van der Waals surface area contributed by atoms with Crippen molar-refractivity contribution in [3.05, 3.63) is 89.5 Å². The molecule has 5 heteroatoms. The molecule has 168 valence electrons. The standard InChI is InChI=1S/C27H32N2O3/c1-19(2)29(3)25-17-23(13-14-24(25)27(31)32)21-11-9-20(10-12-21)15-16-28-18-26(30)22-7-5-4-6-8-22/h4-14,17,19,26,28,30H,15-16,18H2,1-3H3,(H,31,32)/t26-/m1/s1. The predicted octanol–water partition coefficient (Wildman–Crippen LogP) is 4.76. The Labute approximate surface area is 190 Å². The minimum absolute atomic E-state index is 0.193. The third-order valence-corrected chi connectivity index (χ3v) is 5.78. The van der Waals surface area contributed by atoms with Gasteiger partial charge in [0.2, 0.25) is 0 Å². The molecule has 0 bridgehead atoms. The lowest BCUT2D eigenvalue weighted by Gasteiger charge is -2.26. The summed E-state index contributed by atoms with van der Waals surface area (Å²) in [6.45, 7) is 5.38. The Morgan fingerprint density at radius 2 is 1.62 bits per heavy atom. The highest BCUT2D eigenvalue weighted by atomic mass is 16.4. The fourth-order valence-corrected chi connectivity index (χ4v) is 3.59. The topological polar surface area (TPSA) is 72.8 Å². The van der Waals surface area contributed by atoms with Crippen LogP contribution in [0.5, 0.6) is 0 Å². The number of benzene rings is 3. The number of anilines is 1. The van der Waals surface area contributed by atoms with Gasteiger partial charge in [-0.15, -0.1) is 0 Å². The smallest absolute Gasteiger partial charge is 0.337 e. The highest BCUT2D eigenvalue weighted by molar-refractivity contribution is 5.95. The summed E-state index contributed by atoms with van der Waals surface area (Å²) < 4.78 is 0. The minimum atomic E-state index is -0.917. The van der Waals surface area contributed by atoms with Crippen molar-refractivity contribution in [1.82, 2.24) is 5.32 Å². The Morgan fingerprint density at radius 1 is 0.969 bits per heavy atom. The molecule has 0 unspecified atom stereocenters. The van der Waals surface area contributed by atoms with E-state index < -0.39 is 12.1 Å². The monoisotopic (exact) mass is 432 g/mol. The molecule has 0 aliphatic rings. The molecule has 0 amide bonds. The van der Waals surface area contributed by atoms with Gasteiger partial charge in [-0.3, -0.25) is 0 Å². The van der Waals surface area contributed by atoms with Crippen molar-refractivity contribution in [3.8, 4) is 11.1 Å². The summed E-state index contributed by atoms with van der Waals surface area (Å²) in [6.07, 6.45) is 0.353. The maximum Gasteiger partial charge on any atom is 0.337 e. The second kappa shape index (κ2) is 10.9. The highest BCUT2D eigenvalue weighted by Gasteiger charge is 2.16. The van der Waals surface area contributed by atoms with Crippen LogP contribution in [0.3, 0.4) is 0 Å². The number of nitrogens with one attached hydrogen (secondary N) is 1. The number of aliphatic hydroxyl groups is 1. The average Bonchev–Trinajstić information content (AvgIpc) is 2.81.